The molecule has 0 atom stereocenters. The number of carbonyl (C=O) groups excluding carboxylic acids is 1. The standard InChI is InChI=1S/C13H26O5Si/c1-11(2)12(14)18-10-13(3,4)8-9-19(15-5,16-6)17-7/h1,8-10H2,2-7H3. The van der Waals surface area contributed by atoms with E-state index in [2.05, 4.69) is 6.58 Å². The molecule has 0 rings (SSSR count). The van der Waals surface area contributed by atoms with Crippen molar-refractivity contribution in [1.29, 1.82) is 0 Å². The first-order valence-electron chi connectivity index (χ1n) is 6.20. The average molecular weight is 290 g/mol. The summed E-state index contributed by atoms with van der Waals surface area (Å²) >= 11 is 0. The van der Waals surface area contributed by atoms with Crippen molar-refractivity contribution in [2.24, 2.45) is 5.41 Å². The molecule has 0 aliphatic heterocycles. The highest BCUT2D eigenvalue weighted by atomic mass is 28.4. The maximum Gasteiger partial charge on any atom is 0.500 e. The van der Waals surface area contributed by atoms with Gasteiger partial charge in [-0.1, -0.05) is 20.4 Å². The highest BCUT2D eigenvalue weighted by Gasteiger charge is 2.39. The van der Waals surface area contributed by atoms with Crippen molar-refractivity contribution in [3.63, 3.8) is 0 Å². The van der Waals surface area contributed by atoms with Gasteiger partial charge in [0.05, 0.1) is 6.61 Å². The van der Waals surface area contributed by atoms with E-state index in [0.29, 0.717) is 18.2 Å². The minimum atomic E-state index is -2.56. The van der Waals surface area contributed by atoms with Crippen LogP contribution in [0.25, 0.3) is 0 Å². The van der Waals surface area contributed by atoms with E-state index in [0.717, 1.165) is 6.42 Å². The van der Waals surface area contributed by atoms with Crippen LogP contribution >= 0.6 is 0 Å². The predicted octanol–water partition coefficient (Wildman–Crippen LogP) is 2.40. The van der Waals surface area contributed by atoms with Crippen molar-refractivity contribution >= 4 is 14.8 Å². The molecule has 6 heteroatoms. The molecule has 0 aliphatic carbocycles. The first-order valence-corrected chi connectivity index (χ1v) is 8.13. The maximum atomic E-state index is 11.4. The molecule has 19 heavy (non-hydrogen) atoms. The normalized spacial score (nSPS) is 12.3. The third-order valence-corrected chi connectivity index (χ3v) is 5.71. The molecule has 0 N–H and O–H groups in total. The van der Waals surface area contributed by atoms with E-state index >= 15 is 0 Å². The van der Waals surface area contributed by atoms with Crippen LogP contribution in [0.5, 0.6) is 0 Å². The van der Waals surface area contributed by atoms with E-state index < -0.39 is 8.80 Å². The van der Waals surface area contributed by atoms with E-state index in [1.807, 2.05) is 13.8 Å². The molecule has 0 aromatic heterocycles. The minimum Gasteiger partial charge on any atom is -0.462 e. The number of hydrogen-bond donors (Lipinski definition) is 0. The molecule has 0 amide bonds. The Hall–Kier alpha value is -0.693. The van der Waals surface area contributed by atoms with Crippen LogP contribution in [0.1, 0.15) is 27.2 Å². The maximum absolute atomic E-state index is 11.4. The summed E-state index contributed by atoms with van der Waals surface area (Å²) in [6.07, 6.45) is 0.776. The zero-order valence-corrected chi connectivity index (χ0v) is 13.9. The Morgan fingerprint density at radius 2 is 1.63 bits per heavy atom. The van der Waals surface area contributed by atoms with E-state index in [4.69, 9.17) is 18.0 Å². The summed E-state index contributed by atoms with van der Waals surface area (Å²) in [4.78, 5) is 11.4. The van der Waals surface area contributed by atoms with E-state index in [1.165, 1.54) is 0 Å². The van der Waals surface area contributed by atoms with Gasteiger partial charge in [-0.05, 0) is 18.8 Å². The van der Waals surface area contributed by atoms with Gasteiger partial charge in [0.25, 0.3) is 0 Å². The minimum absolute atomic E-state index is 0.168. The van der Waals surface area contributed by atoms with Gasteiger partial charge in [-0.3, -0.25) is 0 Å². The SMILES string of the molecule is C=C(C)C(=O)OCC(C)(C)CC[Si](OC)(OC)OC. The molecular formula is C13H26O5Si. The number of rotatable bonds is 9. The van der Waals surface area contributed by atoms with Gasteiger partial charge >= 0.3 is 14.8 Å². The van der Waals surface area contributed by atoms with E-state index in [9.17, 15) is 4.79 Å². The summed E-state index contributed by atoms with van der Waals surface area (Å²) in [5.41, 5.74) is 0.240. The summed E-state index contributed by atoms with van der Waals surface area (Å²) < 4.78 is 21.3. The summed E-state index contributed by atoms with van der Waals surface area (Å²) in [5.74, 6) is -0.359. The Bertz CT molecular complexity index is 302. The largest absolute Gasteiger partial charge is 0.500 e. The fourth-order valence-electron chi connectivity index (χ4n) is 1.50. The van der Waals surface area contributed by atoms with Gasteiger partial charge in [0.1, 0.15) is 0 Å². The number of hydrogen-bond acceptors (Lipinski definition) is 5. The molecule has 0 aliphatic rings. The molecule has 112 valence electrons. The summed E-state index contributed by atoms with van der Waals surface area (Å²) in [5, 5.41) is 0. The predicted molar refractivity (Wildman–Crippen MR) is 75.8 cm³/mol. The molecule has 0 unspecified atom stereocenters. The average Bonchev–Trinajstić information content (AvgIpc) is 2.38. The van der Waals surface area contributed by atoms with Crippen LogP contribution in [0.15, 0.2) is 12.2 Å². The lowest BCUT2D eigenvalue weighted by atomic mass is 9.91. The lowest BCUT2D eigenvalue weighted by Gasteiger charge is -2.29. The van der Waals surface area contributed by atoms with Gasteiger partial charge in [0.2, 0.25) is 0 Å². The molecular weight excluding hydrogens is 264 g/mol. The van der Waals surface area contributed by atoms with Crippen molar-refractivity contribution in [1.82, 2.24) is 0 Å². The Labute approximate surface area is 117 Å². The van der Waals surface area contributed by atoms with Gasteiger partial charge in [0, 0.05) is 32.9 Å². The smallest absolute Gasteiger partial charge is 0.462 e. The molecule has 0 spiro atoms. The van der Waals surface area contributed by atoms with Gasteiger partial charge in [0.15, 0.2) is 0 Å². The molecule has 0 aromatic carbocycles. The molecule has 0 aromatic rings. The second-order valence-electron chi connectivity index (χ2n) is 5.32. The van der Waals surface area contributed by atoms with Gasteiger partial charge in [-0.2, -0.15) is 0 Å². The molecule has 0 heterocycles. The number of ether oxygens (including phenoxy) is 1. The van der Waals surface area contributed by atoms with E-state index in [1.54, 1.807) is 28.3 Å². The van der Waals surface area contributed by atoms with Crippen LogP contribution in [0.2, 0.25) is 6.04 Å². The topological polar surface area (TPSA) is 54.0 Å². The molecule has 0 saturated carbocycles. The van der Waals surface area contributed by atoms with Crippen LogP contribution in [0, 0.1) is 5.41 Å². The second kappa shape index (κ2) is 7.79. The summed E-state index contributed by atoms with van der Waals surface area (Å²) in [7, 11) is 2.21. The molecule has 5 nitrogen and oxygen atoms in total. The lowest BCUT2D eigenvalue weighted by molar-refractivity contribution is -0.142. The van der Waals surface area contributed by atoms with Crippen LogP contribution in [-0.4, -0.2) is 42.7 Å². The number of carbonyl (C=O) groups is 1. The van der Waals surface area contributed by atoms with Crippen LogP contribution in [0.3, 0.4) is 0 Å². The van der Waals surface area contributed by atoms with Crippen molar-refractivity contribution in [2.45, 2.75) is 33.2 Å². The highest BCUT2D eigenvalue weighted by molar-refractivity contribution is 6.60. The Kier molecular flexibility index (Phi) is 7.51. The molecule has 0 saturated heterocycles. The molecule has 0 radical (unpaired) electrons. The van der Waals surface area contributed by atoms with Crippen LogP contribution in [0.4, 0.5) is 0 Å². The third kappa shape index (κ3) is 6.33. The van der Waals surface area contributed by atoms with E-state index in [-0.39, 0.29) is 11.4 Å². The fraction of sp³-hybridized carbons (Fsp3) is 0.769. The zero-order chi connectivity index (χ0) is 15.1. The first kappa shape index (κ1) is 18.3. The quantitative estimate of drug-likeness (QED) is 0.371. The van der Waals surface area contributed by atoms with Gasteiger partial charge in [-0.15, -0.1) is 0 Å². The lowest BCUT2D eigenvalue weighted by Crippen LogP contribution is -2.43. The van der Waals surface area contributed by atoms with Crippen molar-refractivity contribution in [3.05, 3.63) is 12.2 Å². The molecule has 0 fully saturated rings. The van der Waals surface area contributed by atoms with Crippen molar-refractivity contribution in [3.8, 4) is 0 Å². The summed E-state index contributed by atoms with van der Waals surface area (Å²) in [6.45, 7) is 9.57. The highest BCUT2D eigenvalue weighted by Crippen LogP contribution is 2.28. The Morgan fingerprint density at radius 3 is 2.00 bits per heavy atom. The number of esters is 1. The van der Waals surface area contributed by atoms with Crippen molar-refractivity contribution < 1.29 is 22.8 Å². The summed E-state index contributed by atoms with van der Waals surface area (Å²) in [6, 6.07) is 0.675. The zero-order valence-electron chi connectivity index (χ0n) is 12.9. The third-order valence-electron chi connectivity index (χ3n) is 2.98. The molecule has 0 bridgehead atoms. The van der Waals surface area contributed by atoms with Crippen LogP contribution < -0.4 is 0 Å². The monoisotopic (exact) mass is 290 g/mol. The van der Waals surface area contributed by atoms with Gasteiger partial charge < -0.3 is 18.0 Å². The van der Waals surface area contributed by atoms with Crippen LogP contribution in [-0.2, 0) is 22.8 Å². The Balaban J connectivity index is 4.36. The Morgan fingerprint density at radius 1 is 1.16 bits per heavy atom. The fourth-order valence-corrected chi connectivity index (χ4v) is 3.60. The van der Waals surface area contributed by atoms with Crippen molar-refractivity contribution in [2.75, 3.05) is 27.9 Å². The second-order valence-corrected chi connectivity index (χ2v) is 8.41. The first-order chi connectivity index (χ1) is 8.72. The van der Waals surface area contributed by atoms with Gasteiger partial charge in [-0.25, -0.2) is 4.79 Å².